The van der Waals surface area contributed by atoms with Gasteiger partial charge in [-0.1, -0.05) is 42.5 Å². The summed E-state index contributed by atoms with van der Waals surface area (Å²) < 4.78 is 5.14. The van der Waals surface area contributed by atoms with Gasteiger partial charge >= 0.3 is 0 Å². The smallest absolute Gasteiger partial charge is 0.240 e. The van der Waals surface area contributed by atoms with Gasteiger partial charge in [-0.05, 0) is 36.6 Å². The van der Waals surface area contributed by atoms with E-state index in [4.69, 9.17) is 4.74 Å². The van der Waals surface area contributed by atoms with Crippen LogP contribution in [-0.4, -0.2) is 36.9 Å². The Morgan fingerprint density at radius 1 is 1.08 bits per heavy atom. The van der Waals surface area contributed by atoms with Gasteiger partial charge in [0.1, 0.15) is 5.75 Å². The van der Waals surface area contributed by atoms with Gasteiger partial charge in [0.15, 0.2) is 0 Å². The maximum atomic E-state index is 12.3. The SMILES string of the molecule is COc1ccc(CCN(CC(=O)NC(C)c2ccccc2)C(C)=O)cc1. The molecule has 0 aliphatic rings. The first kappa shape index (κ1) is 19.5. The van der Waals surface area contributed by atoms with Gasteiger partial charge in [0.2, 0.25) is 11.8 Å². The monoisotopic (exact) mass is 354 g/mol. The molecule has 1 atom stereocenters. The van der Waals surface area contributed by atoms with Crippen LogP contribution in [0.2, 0.25) is 0 Å². The molecule has 2 aromatic rings. The predicted octanol–water partition coefficient (Wildman–Crippen LogP) is 2.96. The van der Waals surface area contributed by atoms with E-state index in [0.29, 0.717) is 13.0 Å². The summed E-state index contributed by atoms with van der Waals surface area (Å²) in [5.41, 5.74) is 2.13. The average molecular weight is 354 g/mol. The molecule has 0 aliphatic heterocycles. The Bertz CT molecular complexity index is 714. The molecule has 2 aromatic carbocycles. The maximum Gasteiger partial charge on any atom is 0.240 e. The van der Waals surface area contributed by atoms with Crippen molar-refractivity contribution in [1.29, 1.82) is 0 Å². The summed E-state index contributed by atoms with van der Waals surface area (Å²) in [6.45, 7) is 3.97. The van der Waals surface area contributed by atoms with Gasteiger partial charge in [0, 0.05) is 13.5 Å². The molecule has 1 unspecified atom stereocenters. The molecule has 0 fully saturated rings. The number of benzene rings is 2. The van der Waals surface area contributed by atoms with Crippen molar-refractivity contribution in [1.82, 2.24) is 10.2 Å². The molecule has 2 rings (SSSR count). The van der Waals surface area contributed by atoms with Crippen molar-refractivity contribution >= 4 is 11.8 Å². The zero-order valence-electron chi connectivity index (χ0n) is 15.6. The minimum Gasteiger partial charge on any atom is -0.497 e. The minimum atomic E-state index is -0.161. The molecule has 0 saturated carbocycles. The number of amides is 2. The van der Waals surface area contributed by atoms with E-state index in [-0.39, 0.29) is 24.4 Å². The highest BCUT2D eigenvalue weighted by Gasteiger charge is 2.16. The number of ether oxygens (including phenoxy) is 1. The summed E-state index contributed by atoms with van der Waals surface area (Å²) >= 11 is 0. The second-order valence-electron chi connectivity index (χ2n) is 6.24. The summed E-state index contributed by atoms with van der Waals surface area (Å²) in [6, 6.07) is 17.4. The fourth-order valence-corrected chi connectivity index (χ4v) is 2.69. The van der Waals surface area contributed by atoms with Crippen molar-refractivity contribution in [3.63, 3.8) is 0 Å². The predicted molar refractivity (Wildman–Crippen MR) is 102 cm³/mol. The maximum absolute atomic E-state index is 12.3. The molecule has 0 bridgehead atoms. The van der Waals surface area contributed by atoms with Crippen molar-refractivity contribution in [2.45, 2.75) is 26.3 Å². The van der Waals surface area contributed by atoms with Gasteiger partial charge in [-0.3, -0.25) is 9.59 Å². The highest BCUT2D eigenvalue weighted by Crippen LogP contribution is 2.13. The molecular weight excluding hydrogens is 328 g/mol. The fraction of sp³-hybridized carbons (Fsp3) is 0.333. The first-order valence-corrected chi connectivity index (χ1v) is 8.72. The van der Waals surface area contributed by atoms with E-state index in [9.17, 15) is 9.59 Å². The fourth-order valence-electron chi connectivity index (χ4n) is 2.69. The molecule has 0 saturated heterocycles. The topological polar surface area (TPSA) is 58.6 Å². The lowest BCUT2D eigenvalue weighted by molar-refractivity contribution is -0.134. The van der Waals surface area contributed by atoms with Crippen LogP contribution < -0.4 is 10.1 Å². The lowest BCUT2D eigenvalue weighted by Crippen LogP contribution is -2.41. The first-order chi connectivity index (χ1) is 12.5. The molecule has 0 aliphatic carbocycles. The van der Waals surface area contributed by atoms with E-state index in [2.05, 4.69) is 5.32 Å². The molecule has 5 heteroatoms. The number of nitrogens with zero attached hydrogens (tertiary/aromatic N) is 1. The van der Waals surface area contributed by atoms with Gasteiger partial charge in [0.25, 0.3) is 0 Å². The van der Waals surface area contributed by atoms with Gasteiger partial charge < -0.3 is 15.0 Å². The average Bonchev–Trinajstić information content (AvgIpc) is 2.66. The second-order valence-corrected chi connectivity index (χ2v) is 6.24. The minimum absolute atomic E-state index is 0.0582. The molecule has 0 aromatic heterocycles. The van der Waals surface area contributed by atoms with Crippen LogP contribution in [0.15, 0.2) is 54.6 Å². The Kier molecular flexibility index (Phi) is 7.21. The molecule has 2 amide bonds. The van der Waals surface area contributed by atoms with Gasteiger partial charge in [-0.25, -0.2) is 0 Å². The molecular formula is C21H26N2O3. The Balaban J connectivity index is 1.88. The highest BCUT2D eigenvalue weighted by atomic mass is 16.5. The third kappa shape index (κ3) is 5.92. The van der Waals surface area contributed by atoms with Crippen molar-refractivity contribution in [3.8, 4) is 5.75 Å². The number of carbonyl (C=O) groups is 2. The molecule has 0 heterocycles. The molecule has 138 valence electrons. The van der Waals surface area contributed by atoms with Crippen molar-refractivity contribution < 1.29 is 14.3 Å². The summed E-state index contributed by atoms with van der Waals surface area (Å²) in [6.07, 6.45) is 0.686. The van der Waals surface area contributed by atoms with Crippen molar-refractivity contribution in [3.05, 3.63) is 65.7 Å². The summed E-state index contributed by atoms with van der Waals surface area (Å²) in [7, 11) is 1.63. The molecule has 5 nitrogen and oxygen atoms in total. The number of carbonyl (C=O) groups excluding carboxylic acids is 2. The molecule has 1 N–H and O–H groups in total. The molecule has 0 spiro atoms. The number of methoxy groups -OCH3 is 1. The zero-order chi connectivity index (χ0) is 18.9. The van der Waals surface area contributed by atoms with Gasteiger partial charge in [-0.15, -0.1) is 0 Å². The second kappa shape index (κ2) is 9.61. The Labute approximate surface area is 155 Å². The number of hydrogen-bond donors (Lipinski definition) is 1. The largest absolute Gasteiger partial charge is 0.497 e. The van der Waals surface area contributed by atoms with E-state index in [1.807, 2.05) is 61.5 Å². The lowest BCUT2D eigenvalue weighted by atomic mass is 10.1. The molecule has 26 heavy (non-hydrogen) atoms. The Morgan fingerprint density at radius 3 is 2.31 bits per heavy atom. The van der Waals surface area contributed by atoms with Crippen LogP contribution in [0.3, 0.4) is 0 Å². The van der Waals surface area contributed by atoms with E-state index >= 15 is 0 Å². The van der Waals surface area contributed by atoms with Crippen molar-refractivity contribution in [2.75, 3.05) is 20.2 Å². The third-order valence-corrected chi connectivity index (χ3v) is 4.29. The molecule has 0 radical (unpaired) electrons. The summed E-state index contributed by atoms with van der Waals surface area (Å²) in [5.74, 6) is 0.527. The Hall–Kier alpha value is -2.82. The van der Waals surface area contributed by atoms with Crippen LogP contribution in [0.1, 0.15) is 31.0 Å². The van der Waals surface area contributed by atoms with Gasteiger partial charge in [0.05, 0.1) is 19.7 Å². The van der Waals surface area contributed by atoms with E-state index < -0.39 is 0 Å². The standard InChI is InChI=1S/C21H26N2O3/c1-16(19-7-5-4-6-8-19)22-21(25)15-23(17(2)24)14-13-18-9-11-20(26-3)12-10-18/h4-12,16H,13-15H2,1-3H3,(H,22,25). The van der Waals surface area contributed by atoms with Crippen LogP contribution in [-0.2, 0) is 16.0 Å². The number of rotatable bonds is 8. The van der Waals surface area contributed by atoms with E-state index in [1.165, 1.54) is 6.92 Å². The normalized spacial score (nSPS) is 11.5. The highest BCUT2D eigenvalue weighted by molar-refractivity contribution is 5.84. The Morgan fingerprint density at radius 2 is 1.73 bits per heavy atom. The van der Waals surface area contributed by atoms with Crippen molar-refractivity contribution in [2.24, 2.45) is 0 Å². The van der Waals surface area contributed by atoms with Crippen LogP contribution in [0.5, 0.6) is 5.75 Å². The van der Waals surface area contributed by atoms with E-state index in [1.54, 1.807) is 12.0 Å². The number of hydrogen-bond acceptors (Lipinski definition) is 3. The van der Waals surface area contributed by atoms with Crippen LogP contribution in [0.25, 0.3) is 0 Å². The third-order valence-electron chi connectivity index (χ3n) is 4.29. The quantitative estimate of drug-likeness (QED) is 0.793. The van der Waals surface area contributed by atoms with Crippen LogP contribution >= 0.6 is 0 Å². The first-order valence-electron chi connectivity index (χ1n) is 8.72. The van der Waals surface area contributed by atoms with Crippen LogP contribution in [0, 0.1) is 0 Å². The van der Waals surface area contributed by atoms with Crippen LogP contribution in [0.4, 0.5) is 0 Å². The van der Waals surface area contributed by atoms with E-state index in [0.717, 1.165) is 16.9 Å². The number of nitrogens with one attached hydrogen (secondary N) is 1. The summed E-state index contributed by atoms with van der Waals surface area (Å²) in [4.78, 5) is 25.8. The zero-order valence-corrected chi connectivity index (χ0v) is 15.6. The van der Waals surface area contributed by atoms with Gasteiger partial charge in [-0.2, -0.15) is 0 Å². The summed E-state index contributed by atoms with van der Waals surface area (Å²) in [5, 5.41) is 2.95. The lowest BCUT2D eigenvalue weighted by Gasteiger charge is -2.22.